The second kappa shape index (κ2) is 6.95. The van der Waals surface area contributed by atoms with Crippen LogP contribution in [0.2, 0.25) is 0 Å². The van der Waals surface area contributed by atoms with E-state index in [0.29, 0.717) is 42.7 Å². The highest BCUT2D eigenvalue weighted by molar-refractivity contribution is 5.97. The lowest BCUT2D eigenvalue weighted by atomic mass is 9.92. The summed E-state index contributed by atoms with van der Waals surface area (Å²) < 4.78 is 13.0. The van der Waals surface area contributed by atoms with Gasteiger partial charge in [0.2, 0.25) is 0 Å². The molecule has 0 saturated carbocycles. The fourth-order valence-corrected chi connectivity index (χ4v) is 2.98. The number of ether oxygens (including phenoxy) is 2. The van der Waals surface area contributed by atoms with E-state index >= 15 is 0 Å². The van der Waals surface area contributed by atoms with E-state index in [9.17, 15) is 4.79 Å². The van der Waals surface area contributed by atoms with Gasteiger partial charge in [-0.3, -0.25) is 9.48 Å². The quantitative estimate of drug-likeness (QED) is 0.914. The smallest absolute Gasteiger partial charge is 0.255 e. The summed E-state index contributed by atoms with van der Waals surface area (Å²) in [5, 5.41) is 7.26. The third-order valence-corrected chi connectivity index (χ3v) is 4.34. The zero-order valence-electron chi connectivity index (χ0n) is 14.3. The zero-order chi connectivity index (χ0) is 17.1. The van der Waals surface area contributed by atoms with Crippen LogP contribution < -0.4 is 14.8 Å². The molecule has 2 heterocycles. The molecule has 0 bridgehead atoms. The van der Waals surface area contributed by atoms with Crippen molar-refractivity contribution in [1.82, 2.24) is 15.1 Å². The molecule has 1 aliphatic heterocycles. The first-order valence-corrected chi connectivity index (χ1v) is 8.22. The first-order chi connectivity index (χ1) is 11.6. The molecular weight excluding hydrogens is 306 g/mol. The van der Waals surface area contributed by atoms with Crippen molar-refractivity contribution in [3.63, 3.8) is 0 Å². The Balaban J connectivity index is 1.74. The van der Waals surface area contributed by atoms with Crippen molar-refractivity contribution in [2.75, 3.05) is 19.8 Å². The fourth-order valence-electron chi connectivity index (χ4n) is 2.98. The second-order valence-corrected chi connectivity index (χ2v) is 6.27. The predicted octanol–water partition coefficient (Wildman–Crippen LogP) is 2.36. The monoisotopic (exact) mass is 329 g/mol. The number of amides is 1. The Bertz CT molecular complexity index is 724. The summed E-state index contributed by atoms with van der Waals surface area (Å²) in [5.41, 5.74) is 1.62. The minimum atomic E-state index is -0.148. The molecular formula is C18H23N3O3. The maximum Gasteiger partial charge on any atom is 0.255 e. The summed E-state index contributed by atoms with van der Waals surface area (Å²) >= 11 is 0. The molecule has 24 heavy (non-hydrogen) atoms. The Kier molecular flexibility index (Phi) is 4.74. The SMILES string of the molecule is CC(C)C(CNC(=O)c1cccc2c1OCCO2)c1ccnn1C. The van der Waals surface area contributed by atoms with Crippen LogP contribution in [-0.2, 0) is 7.05 Å². The van der Waals surface area contributed by atoms with Crippen LogP contribution in [0.4, 0.5) is 0 Å². The average Bonchev–Trinajstić information content (AvgIpc) is 3.00. The van der Waals surface area contributed by atoms with Gasteiger partial charge in [0.15, 0.2) is 11.5 Å². The summed E-state index contributed by atoms with van der Waals surface area (Å²) in [6.45, 7) is 5.80. The highest BCUT2D eigenvalue weighted by atomic mass is 16.6. The maximum atomic E-state index is 12.6. The summed E-state index contributed by atoms with van der Waals surface area (Å²) in [6, 6.07) is 7.39. The Hall–Kier alpha value is -2.50. The number of aromatic nitrogens is 2. The number of carbonyl (C=O) groups is 1. The fraction of sp³-hybridized carbons (Fsp3) is 0.444. The predicted molar refractivity (Wildman–Crippen MR) is 90.6 cm³/mol. The minimum absolute atomic E-state index is 0.148. The lowest BCUT2D eigenvalue weighted by Crippen LogP contribution is -2.32. The van der Waals surface area contributed by atoms with E-state index in [4.69, 9.17) is 9.47 Å². The molecule has 0 aliphatic carbocycles. The number of nitrogens with one attached hydrogen (secondary N) is 1. The van der Waals surface area contributed by atoms with E-state index < -0.39 is 0 Å². The Morgan fingerprint density at radius 1 is 1.29 bits per heavy atom. The third-order valence-electron chi connectivity index (χ3n) is 4.34. The normalized spacial score (nSPS) is 14.5. The number of hydrogen-bond donors (Lipinski definition) is 1. The molecule has 1 aromatic carbocycles. The van der Waals surface area contributed by atoms with Gasteiger partial charge in [-0.2, -0.15) is 5.10 Å². The topological polar surface area (TPSA) is 65.4 Å². The van der Waals surface area contributed by atoms with Crippen LogP contribution in [0.25, 0.3) is 0 Å². The molecule has 0 saturated heterocycles. The highest BCUT2D eigenvalue weighted by Gasteiger charge is 2.23. The molecule has 1 aliphatic rings. The zero-order valence-corrected chi connectivity index (χ0v) is 14.3. The van der Waals surface area contributed by atoms with Crippen LogP contribution in [-0.4, -0.2) is 35.4 Å². The minimum Gasteiger partial charge on any atom is -0.486 e. The number of para-hydroxylation sites is 1. The van der Waals surface area contributed by atoms with Crippen LogP contribution in [0.3, 0.4) is 0 Å². The van der Waals surface area contributed by atoms with E-state index in [1.807, 2.05) is 29.9 Å². The molecule has 0 radical (unpaired) electrons. The summed E-state index contributed by atoms with van der Waals surface area (Å²) in [6.07, 6.45) is 1.78. The van der Waals surface area contributed by atoms with Crippen molar-refractivity contribution in [2.24, 2.45) is 13.0 Å². The number of fused-ring (bicyclic) bond motifs is 1. The van der Waals surface area contributed by atoms with Crippen molar-refractivity contribution in [3.8, 4) is 11.5 Å². The molecule has 3 rings (SSSR count). The molecule has 0 spiro atoms. The van der Waals surface area contributed by atoms with Crippen LogP contribution in [0.5, 0.6) is 11.5 Å². The van der Waals surface area contributed by atoms with Gasteiger partial charge in [-0.1, -0.05) is 19.9 Å². The van der Waals surface area contributed by atoms with Gasteiger partial charge in [0.25, 0.3) is 5.91 Å². The Morgan fingerprint density at radius 2 is 2.08 bits per heavy atom. The molecule has 1 amide bonds. The van der Waals surface area contributed by atoms with Gasteiger partial charge in [-0.05, 0) is 24.1 Å². The summed E-state index contributed by atoms with van der Waals surface area (Å²) in [7, 11) is 1.92. The number of nitrogens with zero attached hydrogens (tertiary/aromatic N) is 2. The molecule has 2 aromatic rings. The van der Waals surface area contributed by atoms with Crippen molar-refractivity contribution < 1.29 is 14.3 Å². The molecule has 128 valence electrons. The lowest BCUT2D eigenvalue weighted by Gasteiger charge is -2.23. The number of aryl methyl sites for hydroxylation is 1. The number of hydrogen-bond acceptors (Lipinski definition) is 4. The highest BCUT2D eigenvalue weighted by Crippen LogP contribution is 2.33. The molecule has 1 unspecified atom stereocenters. The van der Waals surface area contributed by atoms with Crippen molar-refractivity contribution >= 4 is 5.91 Å². The number of benzene rings is 1. The van der Waals surface area contributed by atoms with Crippen molar-refractivity contribution in [2.45, 2.75) is 19.8 Å². The lowest BCUT2D eigenvalue weighted by molar-refractivity contribution is 0.0937. The van der Waals surface area contributed by atoms with Crippen LogP contribution in [0, 0.1) is 5.92 Å². The van der Waals surface area contributed by atoms with Crippen LogP contribution in [0.15, 0.2) is 30.5 Å². The molecule has 1 aromatic heterocycles. The van der Waals surface area contributed by atoms with Gasteiger partial charge < -0.3 is 14.8 Å². The van der Waals surface area contributed by atoms with Gasteiger partial charge >= 0.3 is 0 Å². The Morgan fingerprint density at radius 3 is 2.79 bits per heavy atom. The van der Waals surface area contributed by atoms with Gasteiger partial charge in [-0.15, -0.1) is 0 Å². The van der Waals surface area contributed by atoms with E-state index in [-0.39, 0.29) is 11.8 Å². The van der Waals surface area contributed by atoms with Crippen molar-refractivity contribution in [3.05, 3.63) is 41.7 Å². The molecule has 1 N–H and O–H groups in total. The summed E-state index contributed by atoms with van der Waals surface area (Å²) in [5.74, 6) is 1.58. The van der Waals surface area contributed by atoms with Crippen molar-refractivity contribution in [1.29, 1.82) is 0 Å². The maximum absolute atomic E-state index is 12.6. The molecule has 6 heteroatoms. The van der Waals surface area contributed by atoms with E-state index in [1.54, 1.807) is 12.3 Å². The molecule has 6 nitrogen and oxygen atoms in total. The van der Waals surface area contributed by atoms with E-state index in [2.05, 4.69) is 24.3 Å². The van der Waals surface area contributed by atoms with Gasteiger partial charge in [0, 0.05) is 31.4 Å². The largest absolute Gasteiger partial charge is 0.486 e. The van der Waals surface area contributed by atoms with Crippen LogP contribution in [0.1, 0.15) is 35.8 Å². The summed E-state index contributed by atoms with van der Waals surface area (Å²) in [4.78, 5) is 12.6. The number of rotatable bonds is 5. The third kappa shape index (κ3) is 3.22. The molecule has 0 fully saturated rings. The van der Waals surface area contributed by atoms with Gasteiger partial charge in [0.05, 0.1) is 5.56 Å². The average molecular weight is 329 g/mol. The Labute approximate surface area is 141 Å². The first-order valence-electron chi connectivity index (χ1n) is 8.22. The van der Waals surface area contributed by atoms with Gasteiger partial charge in [0.1, 0.15) is 13.2 Å². The number of carbonyl (C=O) groups excluding carboxylic acids is 1. The van der Waals surface area contributed by atoms with Crippen LogP contribution >= 0.6 is 0 Å². The van der Waals surface area contributed by atoms with Gasteiger partial charge in [-0.25, -0.2) is 0 Å². The van der Waals surface area contributed by atoms with E-state index in [1.165, 1.54) is 0 Å². The standard InChI is InChI=1S/C18H23N3O3/c1-12(2)14(15-7-8-20-21(15)3)11-19-18(22)13-5-4-6-16-17(13)24-10-9-23-16/h4-8,12,14H,9-11H2,1-3H3,(H,19,22). The second-order valence-electron chi connectivity index (χ2n) is 6.27. The van der Waals surface area contributed by atoms with E-state index in [0.717, 1.165) is 5.69 Å². The first kappa shape index (κ1) is 16.4. The molecule has 1 atom stereocenters.